The van der Waals surface area contributed by atoms with Crippen LogP contribution >= 0.6 is 23.2 Å². The van der Waals surface area contributed by atoms with E-state index in [4.69, 9.17) is 28.9 Å². The number of phenolic OH excluding ortho intramolecular Hbond substituents is 1. The van der Waals surface area contributed by atoms with Crippen LogP contribution in [0.15, 0.2) is 60.7 Å². The van der Waals surface area contributed by atoms with Crippen molar-refractivity contribution in [1.82, 2.24) is 0 Å². The van der Waals surface area contributed by atoms with Gasteiger partial charge in [-0.3, -0.25) is 0 Å². The summed E-state index contributed by atoms with van der Waals surface area (Å²) in [5, 5.41) is 11.9. The topological polar surface area (TPSA) is 46.2 Å². The minimum Gasteiger partial charge on any atom is -0.507 e. The fourth-order valence-corrected chi connectivity index (χ4v) is 2.61. The van der Waals surface area contributed by atoms with Crippen LogP contribution in [0, 0.1) is 0 Å². The van der Waals surface area contributed by atoms with Crippen LogP contribution < -0.4 is 5.73 Å². The third kappa shape index (κ3) is 2.89. The van der Waals surface area contributed by atoms with Gasteiger partial charge in [0.1, 0.15) is 5.75 Å². The highest BCUT2D eigenvalue weighted by Gasteiger charge is 2.12. The van der Waals surface area contributed by atoms with Crippen LogP contribution in [0.25, 0.3) is 22.3 Å². The van der Waals surface area contributed by atoms with Gasteiger partial charge in [-0.15, -0.1) is 0 Å². The Kier molecular flexibility index (Phi) is 3.97. The monoisotopic (exact) mass is 329 g/mol. The number of aromatic hydroxyl groups is 1. The van der Waals surface area contributed by atoms with Crippen LogP contribution in [0.5, 0.6) is 5.75 Å². The number of nitrogens with two attached hydrogens (primary N) is 1. The molecule has 0 aliphatic heterocycles. The summed E-state index contributed by atoms with van der Waals surface area (Å²) in [5.74, 6) is 0.179. The van der Waals surface area contributed by atoms with E-state index in [1.807, 2.05) is 24.3 Å². The quantitative estimate of drug-likeness (QED) is 0.473. The smallest absolute Gasteiger partial charge is 0.131 e. The molecule has 22 heavy (non-hydrogen) atoms. The zero-order valence-electron chi connectivity index (χ0n) is 11.6. The molecule has 0 atom stereocenters. The standard InChI is InChI=1S/C18H13Cl2NO/c19-13-5-1-11(2-6-13)16-9-15(21)10-17(18(16)22)12-3-7-14(20)8-4-12/h1-10,22H,21H2. The van der Waals surface area contributed by atoms with E-state index >= 15 is 0 Å². The molecule has 0 spiro atoms. The van der Waals surface area contributed by atoms with Gasteiger partial charge in [-0.25, -0.2) is 0 Å². The summed E-state index contributed by atoms with van der Waals surface area (Å²) in [7, 11) is 0. The van der Waals surface area contributed by atoms with Gasteiger partial charge in [0.15, 0.2) is 0 Å². The van der Waals surface area contributed by atoms with Gasteiger partial charge in [0.05, 0.1) is 0 Å². The van der Waals surface area contributed by atoms with Crippen LogP contribution in [0.1, 0.15) is 0 Å². The number of rotatable bonds is 2. The zero-order valence-corrected chi connectivity index (χ0v) is 13.1. The number of phenols is 1. The Morgan fingerprint density at radius 1 is 0.682 bits per heavy atom. The lowest BCUT2D eigenvalue weighted by molar-refractivity contribution is 0.479. The van der Waals surface area contributed by atoms with E-state index < -0.39 is 0 Å². The lowest BCUT2D eigenvalue weighted by atomic mass is 9.96. The van der Waals surface area contributed by atoms with E-state index in [-0.39, 0.29) is 5.75 Å². The maximum absolute atomic E-state index is 10.6. The van der Waals surface area contributed by atoms with Gasteiger partial charge in [-0.2, -0.15) is 0 Å². The predicted octanol–water partition coefficient (Wildman–Crippen LogP) is 5.62. The molecule has 110 valence electrons. The van der Waals surface area contributed by atoms with Gasteiger partial charge in [-0.05, 0) is 47.5 Å². The molecule has 0 unspecified atom stereocenters. The third-order valence-corrected chi connectivity index (χ3v) is 3.95. The number of hydrogen-bond acceptors (Lipinski definition) is 2. The van der Waals surface area contributed by atoms with Crippen molar-refractivity contribution in [1.29, 1.82) is 0 Å². The molecule has 0 fully saturated rings. The van der Waals surface area contributed by atoms with Gasteiger partial charge < -0.3 is 10.8 Å². The molecular weight excluding hydrogens is 317 g/mol. The van der Waals surface area contributed by atoms with Crippen LogP contribution in [0.4, 0.5) is 5.69 Å². The van der Waals surface area contributed by atoms with Crippen LogP contribution in [-0.2, 0) is 0 Å². The van der Waals surface area contributed by atoms with Crippen molar-refractivity contribution in [2.45, 2.75) is 0 Å². The Morgan fingerprint density at radius 2 is 1.05 bits per heavy atom. The lowest BCUT2D eigenvalue weighted by Crippen LogP contribution is -1.90. The molecule has 0 aliphatic carbocycles. The van der Waals surface area contributed by atoms with Crippen molar-refractivity contribution in [3.05, 3.63) is 70.7 Å². The van der Waals surface area contributed by atoms with E-state index in [2.05, 4.69) is 0 Å². The maximum atomic E-state index is 10.6. The highest BCUT2D eigenvalue weighted by molar-refractivity contribution is 6.31. The highest BCUT2D eigenvalue weighted by atomic mass is 35.5. The summed E-state index contributed by atoms with van der Waals surface area (Å²) in [6.45, 7) is 0. The first-order chi connectivity index (χ1) is 10.5. The second-order valence-electron chi connectivity index (χ2n) is 4.98. The molecule has 0 bridgehead atoms. The molecule has 0 heterocycles. The van der Waals surface area contributed by atoms with Crippen molar-refractivity contribution in [2.24, 2.45) is 0 Å². The minimum absolute atomic E-state index is 0.179. The van der Waals surface area contributed by atoms with Crippen LogP contribution in [0.3, 0.4) is 0 Å². The van der Waals surface area contributed by atoms with Gasteiger partial charge in [0.2, 0.25) is 0 Å². The number of benzene rings is 3. The van der Waals surface area contributed by atoms with Gasteiger partial charge in [0, 0.05) is 26.9 Å². The van der Waals surface area contributed by atoms with E-state index in [1.165, 1.54) is 0 Å². The van der Waals surface area contributed by atoms with Crippen LogP contribution in [0.2, 0.25) is 10.0 Å². The average molecular weight is 330 g/mol. The maximum Gasteiger partial charge on any atom is 0.131 e. The Hall–Kier alpha value is -2.16. The average Bonchev–Trinajstić information content (AvgIpc) is 2.51. The first-order valence-corrected chi connectivity index (χ1v) is 7.44. The summed E-state index contributed by atoms with van der Waals surface area (Å²) in [6, 6.07) is 18.0. The molecule has 3 N–H and O–H groups in total. The van der Waals surface area contributed by atoms with Gasteiger partial charge >= 0.3 is 0 Å². The molecule has 0 saturated heterocycles. The zero-order chi connectivity index (χ0) is 15.7. The van der Waals surface area contributed by atoms with Gasteiger partial charge in [0.25, 0.3) is 0 Å². The van der Waals surface area contributed by atoms with E-state index in [0.29, 0.717) is 26.9 Å². The van der Waals surface area contributed by atoms with Crippen molar-refractivity contribution >= 4 is 28.9 Å². The predicted molar refractivity (Wildman–Crippen MR) is 93.4 cm³/mol. The van der Waals surface area contributed by atoms with Gasteiger partial charge in [-0.1, -0.05) is 47.5 Å². The molecule has 0 amide bonds. The number of nitrogen functional groups attached to an aromatic ring is 1. The normalized spacial score (nSPS) is 10.6. The number of anilines is 1. The molecule has 0 radical (unpaired) electrons. The summed E-state index contributed by atoms with van der Waals surface area (Å²) >= 11 is 11.8. The van der Waals surface area contributed by atoms with Crippen molar-refractivity contribution in [2.75, 3.05) is 5.73 Å². The Bertz CT molecular complexity index is 745. The summed E-state index contributed by atoms with van der Waals surface area (Å²) in [6.07, 6.45) is 0. The Balaban J connectivity index is 2.17. The Morgan fingerprint density at radius 3 is 1.41 bits per heavy atom. The molecule has 3 aromatic rings. The molecule has 3 rings (SSSR count). The van der Waals surface area contributed by atoms with Crippen molar-refractivity contribution in [3.63, 3.8) is 0 Å². The van der Waals surface area contributed by atoms with E-state index in [1.54, 1.807) is 36.4 Å². The second kappa shape index (κ2) is 5.91. The Labute approximate surface area is 138 Å². The third-order valence-electron chi connectivity index (χ3n) is 3.44. The first-order valence-electron chi connectivity index (χ1n) is 6.69. The molecule has 2 nitrogen and oxygen atoms in total. The second-order valence-corrected chi connectivity index (χ2v) is 5.85. The largest absolute Gasteiger partial charge is 0.507 e. The molecule has 4 heteroatoms. The molecule has 0 saturated carbocycles. The summed E-state index contributed by atoms with van der Waals surface area (Å²) in [4.78, 5) is 0. The summed E-state index contributed by atoms with van der Waals surface area (Å²) < 4.78 is 0. The van der Waals surface area contributed by atoms with Crippen LogP contribution in [-0.4, -0.2) is 5.11 Å². The molecule has 0 aliphatic rings. The fraction of sp³-hybridized carbons (Fsp3) is 0. The summed E-state index contributed by atoms with van der Waals surface area (Å²) in [5.41, 5.74) is 9.62. The van der Waals surface area contributed by atoms with E-state index in [0.717, 1.165) is 11.1 Å². The first kappa shape index (κ1) is 14.8. The fourth-order valence-electron chi connectivity index (χ4n) is 2.36. The lowest BCUT2D eigenvalue weighted by Gasteiger charge is -2.12. The highest BCUT2D eigenvalue weighted by Crippen LogP contribution is 2.40. The number of hydrogen-bond donors (Lipinski definition) is 2. The molecule has 3 aromatic carbocycles. The molecular formula is C18H13Cl2NO. The van der Waals surface area contributed by atoms with Crippen molar-refractivity contribution < 1.29 is 5.11 Å². The number of halogens is 2. The van der Waals surface area contributed by atoms with E-state index in [9.17, 15) is 5.11 Å². The van der Waals surface area contributed by atoms with Crippen molar-refractivity contribution in [3.8, 4) is 28.0 Å². The minimum atomic E-state index is 0.179. The SMILES string of the molecule is Nc1cc(-c2ccc(Cl)cc2)c(O)c(-c2ccc(Cl)cc2)c1. The molecule has 0 aromatic heterocycles.